The molecule has 1 aromatic carbocycles. The van der Waals surface area contributed by atoms with E-state index >= 15 is 0 Å². The molecule has 1 aromatic rings. The quantitative estimate of drug-likeness (QED) is 0.669. The summed E-state index contributed by atoms with van der Waals surface area (Å²) in [6.45, 7) is 2.98. The Labute approximate surface area is 110 Å². The summed E-state index contributed by atoms with van der Waals surface area (Å²) in [6, 6.07) is 3.04. The lowest BCUT2D eigenvalue weighted by Gasteiger charge is -2.28. The first-order valence-electron chi connectivity index (χ1n) is 5.62. The summed E-state index contributed by atoms with van der Waals surface area (Å²) in [5.74, 6) is -0.195. The lowest BCUT2D eigenvalue weighted by molar-refractivity contribution is -0.0799. The fourth-order valence-electron chi connectivity index (χ4n) is 1.54. The molecule has 2 rings (SSSR count). The molecule has 1 aliphatic heterocycles. The Balaban J connectivity index is 2.31. The van der Waals surface area contributed by atoms with Crippen LogP contribution < -0.4 is 10.5 Å². The van der Waals surface area contributed by atoms with Crippen molar-refractivity contribution in [2.24, 2.45) is 0 Å². The summed E-state index contributed by atoms with van der Waals surface area (Å²) >= 11 is 6.05. The third-order valence-corrected chi connectivity index (χ3v) is 2.73. The van der Waals surface area contributed by atoms with E-state index in [1.54, 1.807) is 13.0 Å². The van der Waals surface area contributed by atoms with Gasteiger partial charge in [-0.25, -0.2) is 4.79 Å². The maximum Gasteiger partial charge on any atom is 0.342 e. The molecule has 1 heterocycles. The molecule has 18 heavy (non-hydrogen) atoms. The molecule has 0 saturated carbocycles. The van der Waals surface area contributed by atoms with Gasteiger partial charge in [-0.3, -0.25) is 0 Å². The van der Waals surface area contributed by atoms with Crippen LogP contribution in [0, 0.1) is 0 Å². The summed E-state index contributed by atoms with van der Waals surface area (Å²) in [6.07, 6.45) is -0.0840. The van der Waals surface area contributed by atoms with Gasteiger partial charge in [-0.05, 0) is 19.1 Å². The SMILES string of the molecule is CCOC(=O)c1cc(N)cc(Cl)c1OC1COC1. The van der Waals surface area contributed by atoms with Crippen LogP contribution in [0.25, 0.3) is 0 Å². The number of rotatable bonds is 4. The fraction of sp³-hybridized carbons (Fsp3) is 0.417. The van der Waals surface area contributed by atoms with E-state index in [9.17, 15) is 4.79 Å². The van der Waals surface area contributed by atoms with Gasteiger partial charge in [-0.15, -0.1) is 0 Å². The molecule has 6 heteroatoms. The van der Waals surface area contributed by atoms with Crippen LogP contribution in [0.2, 0.25) is 5.02 Å². The van der Waals surface area contributed by atoms with Crippen molar-refractivity contribution in [3.63, 3.8) is 0 Å². The zero-order chi connectivity index (χ0) is 13.1. The van der Waals surface area contributed by atoms with Gasteiger partial charge >= 0.3 is 5.97 Å². The molecule has 0 bridgehead atoms. The number of hydrogen-bond donors (Lipinski definition) is 1. The summed E-state index contributed by atoms with van der Waals surface area (Å²) in [4.78, 5) is 11.8. The van der Waals surface area contributed by atoms with Crippen molar-refractivity contribution in [3.05, 3.63) is 22.7 Å². The molecule has 0 aromatic heterocycles. The highest BCUT2D eigenvalue weighted by Crippen LogP contribution is 2.33. The van der Waals surface area contributed by atoms with Gasteiger partial charge in [0.1, 0.15) is 11.7 Å². The Morgan fingerprint density at radius 3 is 2.83 bits per heavy atom. The predicted octanol–water partition coefficient (Wildman–Crippen LogP) is 1.88. The lowest BCUT2D eigenvalue weighted by atomic mass is 10.1. The van der Waals surface area contributed by atoms with E-state index in [1.165, 1.54) is 6.07 Å². The maximum absolute atomic E-state index is 11.8. The number of carbonyl (C=O) groups is 1. The van der Waals surface area contributed by atoms with Crippen LogP contribution in [0.3, 0.4) is 0 Å². The molecular weight excluding hydrogens is 258 g/mol. The molecule has 1 aliphatic rings. The topological polar surface area (TPSA) is 70.8 Å². The number of anilines is 1. The van der Waals surface area contributed by atoms with Gasteiger partial charge in [0.15, 0.2) is 5.75 Å². The molecule has 0 amide bonds. The molecule has 2 N–H and O–H groups in total. The van der Waals surface area contributed by atoms with E-state index in [1.807, 2.05) is 0 Å². The highest BCUT2D eigenvalue weighted by atomic mass is 35.5. The Kier molecular flexibility index (Phi) is 3.93. The number of esters is 1. The zero-order valence-electron chi connectivity index (χ0n) is 9.94. The van der Waals surface area contributed by atoms with Crippen LogP contribution in [0.15, 0.2) is 12.1 Å². The number of hydrogen-bond acceptors (Lipinski definition) is 5. The van der Waals surface area contributed by atoms with Gasteiger partial charge in [0.25, 0.3) is 0 Å². The van der Waals surface area contributed by atoms with Gasteiger partial charge in [-0.1, -0.05) is 11.6 Å². The van der Waals surface area contributed by atoms with Gasteiger partial charge in [-0.2, -0.15) is 0 Å². The Hall–Kier alpha value is -1.46. The van der Waals surface area contributed by atoms with Crippen molar-refractivity contribution in [1.82, 2.24) is 0 Å². The van der Waals surface area contributed by atoms with Crippen molar-refractivity contribution in [2.75, 3.05) is 25.6 Å². The van der Waals surface area contributed by atoms with E-state index in [-0.39, 0.29) is 18.3 Å². The monoisotopic (exact) mass is 271 g/mol. The Bertz CT molecular complexity index is 460. The fourth-order valence-corrected chi connectivity index (χ4v) is 1.82. The lowest BCUT2D eigenvalue weighted by Crippen LogP contribution is -2.39. The van der Waals surface area contributed by atoms with Gasteiger partial charge < -0.3 is 19.9 Å². The average molecular weight is 272 g/mol. The number of benzene rings is 1. The van der Waals surface area contributed by atoms with Gasteiger partial charge in [0.2, 0.25) is 0 Å². The average Bonchev–Trinajstić information content (AvgIpc) is 2.24. The minimum Gasteiger partial charge on any atom is -0.483 e. The Morgan fingerprint density at radius 1 is 1.56 bits per heavy atom. The molecule has 0 radical (unpaired) electrons. The number of halogens is 1. The van der Waals surface area contributed by atoms with Crippen molar-refractivity contribution in [1.29, 1.82) is 0 Å². The van der Waals surface area contributed by atoms with Crippen LogP contribution in [0.4, 0.5) is 5.69 Å². The summed E-state index contributed by atoms with van der Waals surface area (Å²) in [5, 5.41) is 0.296. The second-order valence-electron chi connectivity index (χ2n) is 3.88. The number of nitrogens with two attached hydrogens (primary N) is 1. The number of ether oxygens (including phenoxy) is 3. The Morgan fingerprint density at radius 2 is 2.28 bits per heavy atom. The molecule has 5 nitrogen and oxygen atoms in total. The van der Waals surface area contributed by atoms with Crippen LogP contribution in [0.5, 0.6) is 5.75 Å². The van der Waals surface area contributed by atoms with Crippen molar-refractivity contribution in [2.45, 2.75) is 13.0 Å². The first-order valence-corrected chi connectivity index (χ1v) is 6.00. The number of nitrogen functional groups attached to an aromatic ring is 1. The minimum atomic E-state index is -0.498. The van der Waals surface area contributed by atoms with Gasteiger partial charge in [0, 0.05) is 5.69 Å². The van der Waals surface area contributed by atoms with Crippen molar-refractivity contribution in [3.8, 4) is 5.75 Å². The first kappa shape index (κ1) is 13.0. The first-order chi connectivity index (χ1) is 8.61. The summed E-state index contributed by atoms with van der Waals surface area (Å²) < 4.78 is 15.6. The van der Waals surface area contributed by atoms with Crippen LogP contribution in [-0.2, 0) is 9.47 Å². The van der Waals surface area contributed by atoms with Crippen LogP contribution in [0.1, 0.15) is 17.3 Å². The standard InChI is InChI=1S/C12H14ClNO4/c1-2-17-12(15)9-3-7(14)4-10(13)11(9)18-8-5-16-6-8/h3-4,8H,2,5-6,14H2,1H3. The molecular formula is C12H14ClNO4. The summed E-state index contributed by atoms with van der Waals surface area (Å²) in [7, 11) is 0. The summed E-state index contributed by atoms with van der Waals surface area (Å²) in [5.41, 5.74) is 6.30. The van der Waals surface area contributed by atoms with E-state index in [0.717, 1.165) is 0 Å². The molecule has 98 valence electrons. The molecule has 1 saturated heterocycles. The van der Waals surface area contributed by atoms with Crippen molar-refractivity contribution >= 4 is 23.3 Å². The normalized spacial score (nSPS) is 15.0. The van der Waals surface area contributed by atoms with Crippen LogP contribution in [-0.4, -0.2) is 31.9 Å². The largest absolute Gasteiger partial charge is 0.483 e. The minimum absolute atomic E-state index is 0.0840. The third kappa shape index (κ3) is 2.68. The zero-order valence-corrected chi connectivity index (χ0v) is 10.7. The van der Waals surface area contributed by atoms with E-state index in [0.29, 0.717) is 29.7 Å². The molecule has 1 fully saturated rings. The maximum atomic E-state index is 11.8. The van der Waals surface area contributed by atoms with E-state index in [4.69, 9.17) is 31.5 Å². The molecule has 0 atom stereocenters. The number of carbonyl (C=O) groups excluding carboxylic acids is 1. The smallest absolute Gasteiger partial charge is 0.342 e. The highest BCUT2D eigenvalue weighted by molar-refractivity contribution is 6.33. The predicted molar refractivity (Wildman–Crippen MR) is 67.1 cm³/mol. The van der Waals surface area contributed by atoms with E-state index in [2.05, 4.69) is 0 Å². The second kappa shape index (κ2) is 5.46. The molecule has 0 aliphatic carbocycles. The second-order valence-corrected chi connectivity index (χ2v) is 4.28. The highest BCUT2D eigenvalue weighted by Gasteiger charge is 2.25. The van der Waals surface area contributed by atoms with Gasteiger partial charge in [0.05, 0.1) is 24.8 Å². The third-order valence-electron chi connectivity index (χ3n) is 2.45. The van der Waals surface area contributed by atoms with Crippen molar-refractivity contribution < 1.29 is 19.0 Å². The molecule has 0 unspecified atom stereocenters. The van der Waals surface area contributed by atoms with Crippen LogP contribution >= 0.6 is 11.6 Å². The molecule has 0 spiro atoms. The van der Waals surface area contributed by atoms with E-state index < -0.39 is 5.97 Å².